The maximum absolute atomic E-state index is 12.7. The highest BCUT2D eigenvalue weighted by Crippen LogP contribution is 2.19. The predicted octanol–water partition coefficient (Wildman–Crippen LogP) is 3.51. The average molecular weight is 567 g/mol. The van der Waals surface area contributed by atoms with Crippen molar-refractivity contribution >= 4 is 35.8 Å². The van der Waals surface area contributed by atoms with Crippen LogP contribution in [0.25, 0.3) is 0 Å². The quantitative estimate of drug-likeness (QED) is 0.222. The Morgan fingerprint density at radius 1 is 1.24 bits per heavy atom. The van der Waals surface area contributed by atoms with Gasteiger partial charge < -0.3 is 15.5 Å². The third-order valence-corrected chi connectivity index (χ3v) is 6.20. The van der Waals surface area contributed by atoms with Crippen LogP contribution in [-0.2, 0) is 31.2 Å². The molecule has 1 aromatic carbocycles. The minimum Gasteiger partial charge on any atom is -0.357 e. The first-order valence-electron chi connectivity index (χ1n) is 11.8. The summed E-state index contributed by atoms with van der Waals surface area (Å²) in [6.07, 6.45) is 3.13. The molecule has 0 radical (unpaired) electrons. The Bertz CT molecular complexity index is 954. The van der Waals surface area contributed by atoms with Crippen LogP contribution in [-0.4, -0.2) is 52.2 Å². The fourth-order valence-electron chi connectivity index (χ4n) is 4.31. The monoisotopic (exact) mass is 566 g/mol. The SMILES string of the molecule is CCNC(=NCCCC(=O)N1CCc2ccccc2C1)NC(C)Cc1c(C)nn(C)c1C.I. The number of hydrogen-bond donors (Lipinski definition) is 2. The molecule has 7 nitrogen and oxygen atoms in total. The molecule has 1 unspecified atom stereocenters. The van der Waals surface area contributed by atoms with Gasteiger partial charge in [0.15, 0.2) is 5.96 Å². The molecule has 0 saturated heterocycles. The Morgan fingerprint density at radius 3 is 2.64 bits per heavy atom. The van der Waals surface area contributed by atoms with E-state index in [0.29, 0.717) is 13.0 Å². The number of nitrogens with zero attached hydrogens (tertiary/aromatic N) is 4. The van der Waals surface area contributed by atoms with E-state index in [1.165, 1.54) is 22.4 Å². The summed E-state index contributed by atoms with van der Waals surface area (Å²) in [5.41, 5.74) is 6.22. The van der Waals surface area contributed by atoms with Crippen molar-refractivity contribution in [3.05, 3.63) is 52.3 Å². The largest absolute Gasteiger partial charge is 0.357 e. The molecule has 1 aromatic heterocycles. The molecule has 1 atom stereocenters. The van der Waals surface area contributed by atoms with Crippen molar-refractivity contribution in [1.29, 1.82) is 0 Å². The van der Waals surface area contributed by atoms with Gasteiger partial charge in [-0.2, -0.15) is 5.10 Å². The number of halogens is 1. The third kappa shape index (κ3) is 7.45. The highest BCUT2D eigenvalue weighted by molar-refractivity contribution is 14.0. The molecule has 2 aromatic rings. The molecule has 3 rings (SSSR count). The number of rotatable bonds is 8. The number of fused-ring (bicyclic) bond motifs is 1. The topological polar surface area (TPSA) is 74.6 Å². The van der Waals surface area contributed by atoms with Gasteiger partial charge in [0.2, 0.25) is 5.91 Å². The van der Waals surface area contributed by atoms with Gasteiger partial charge in [0.05, 0.1) is 5.69 Å². The molecule has 0 saturated carbocycles. The second kappa shape index (κ2) is 13.0. The Balaban J connectivity index is 0.00000385. The van der Waals surface area contributed by atoms with Gasteiger partial charge in [0.25, 0.3) is 0 Å². The summed E-state index contributed by atoms with van der Waals surface area (Å²) in [7, 11) is 1.99. The number of hydrogen-bond acceptors (Lipinski definition) is 3. The van der Waals surface area contributed by atoms with Gasteiger partial charge in [-0.1, -0.05) is 24.3 Å². The Hall–Kier alpha value is -2.10. The van der Waals surface area contributed by atoms with Crippen LogP contribution in [0.2, 0.25) is 0 Å². The van der Waals surface area contributed by atoms with E-state index in [1.54, 1.807) is 0 Å². The van der Waals surface area contributed by atoms with Gasteiger partial charge >= 0.3 is 0 Å². The number of carbonyl (C=O) groups is 1. The summed E-state index contributed by atoms with van der Waals surface area (Å²) >= 11 is 0. The number of guanidine groups is 1. The molecule has 182 valence electrons. The van der Waals surface area contributed by atoms with Crippen molar-refractivity contribution in [1.82, 2.24) is 25.3 Å². The lowest BCUT2D eigenvalue weighted by molar-refractivity contribution is -0.132. The molecule has 2 N–H and O–H groups in total. The summed E-state index contributed by atoms with van der Waals surface area (Å²) in [5, 5.41) is 11.3. The molecule has 0 fully saturated rings. The first-order valence-corrected chi connectivity index (χ1v) is 11.8. The van der Waals surface area contributed by atoms with E-state index in [1.807, 2.05) is 16.6 Å². The molecule has 0 spiro atoms. The van der Waals surface area contributed by atoms with Crippen LogP contribution in [0.3, 0.4) is 0 Å². The predicted molar refractivity (Wildman–Crippen MR) is 145 cm³/mol. The Labute approximate surface area is 215 Å². The van der Waals surface area contributed by atoms with Crippen LogP contribution >= 0.6 is 24.0 Å². The number of carbonyl (C=O) groups excluding carboxylic acids is 1. The maximum atomic E-state index is 12.7. The highest BCUT2D eigenvalue weighted by Gasteiger charge is 2.20. The zero-order chi connectivity index (χ0) is 23.1. The standard InChI is InChI=1S/C25H38N6O.HI/c1-6-26-25(28-18(2)16-23-19(3)29-30(5)20(23)4)27-14-9-12-24(32)31-15-13-21-10-7-8-11-22(21)17-31;/h7-8,10-11,18H,6,9,12-17H2,1-5H3,(H2,26,27,28);1H. The highest BCUT2D eigenvalue weighted by atomic mass is 127. The van der Waals surface area contributed by atoms with E-state index in [9.17, 15) is 4.79 Å². The lowest BCUT2D eigenvalue weighted by atomic mass is 9.99. The van der Waals surface area contributed by atoms with Gasteiger partial charge in [-0.05, 0) is 63.6 Å². The Morgan fingerprint density at radius 2 is 1.97 bits per heavy atom. The molecule has 1 amide bonds. The van der Waals surface area contributed by atoms with Crippen LogP contribution in [0.1, 0.15) is 54.8 Å². The fraction of sp³-hybridized carbons (Fsp3) is 0.560. The number of aliphatic imine (C=N–C) groups is 1. The van der Waals surface area contributed by atoms with Crippen LogP contribution < -0.4 is 10.6 Å². The van der Waals surface area contributed by atoms with Crippen LogP contribution in [0, 0.1) is 13.8 Å². The van der Waals surface area contributed by atoms with Crippen LogP contribution in [0.4, 0.5) is 0 Å². The van der Waals surface area contributed by atoms with Gasteiger partial charge in [0, 0.05) is 51.4 Å². The number of aromatic nitrogens is 2. The van der Waals surface area contributed by atoms with Crippen molar-refractivity contribution in [2.75, 3.05) is 19.6 Å². The van der Waals surface area contributed by atoms with E-state index in [2.05, 4.69) is 67.7 Å². The van der Waals surface area contributed by atoms with Gasteiger partial charge in [-0.3, -0.25) is 14.5 Å². The molecular weight excluding hydrogens is 527 g/mol. The molecule has 33 heavy (non-hydrogen) atoms. The van der Waals surface area contributed by atoms with Crippen LogP contribution in [0.5, 0.6) is 0 Å². The first-order chi connectivity index (χ1) is 15.4. The summed E-state index contributed by atoms with van der Waals surface area (Å²) in [6.45, 7) is 11.4. The van der Waals surface area contributed by atoms with E-state index in [4.69, 9.17) is 4.99 Å². The summed E-state index contributed by atoms with van der Waals surface area (Å²) in [5.74, 6) is 1.03. The maximum Gasteiger partial charge on any atom is 0.222 e. The second-order valence-electron chi connectivity index (χ2n) is 8.72. The molecule has 2 heterocycles. The number of amides is 1. The van der Waals surface area contributed by atoms with Crippen molar-refractivity contribution in [2.45, 2.75) is 66.0 Å². The number of aryl methyl sites for hydroxylation is 2. The molecule has 0 bridgehead atoms. The van der Waals surface area contributed by atoms with Crippen molar-refractivity contribution in [3.63, 3.8) is 0 Å². The number of benzene rings is 1. The summed E-state index contributed by atoms with van der Waals surface area (Å²) in [4.78, 5) is 19.3. The second-order valence-corrected chi connectivity index (χ2v) is 8.72. The van der Waals surface area contributed by atoms with Crippen molar-refractivity contribution in [3.8, 4) is 0 Å². The van der Waals surface area contributed by atoms with Crippen LogP contribution in [0.15, 0.2) is 29.3 Å². The van der Waals surface area contributed by atoms with Crippen molar-refractivity contribution < 1.29 is 4.79 Å². The third-order valence-electron chi connectivity index (χ3n) is 6.20. The van der Waals surface area contributed by atoms with E-state index >= 15 is 0 Å². The van der Waals surface area contributed by atoms with Gasteiger partial charge in [0.1, 0.15) is 0 Å². The Kier molecular flexibility index (Phi) is 10.7. The smallest absolute Gasteiger partial charge is 0.222 e. The lowest BCUT2D eigenvalue weighted by Crippen LogP contribution is -2.43. The molecule has 8 heteroatoms. The van der Waals surface area contributed by atoms with Gasteiger partial charge in [-0.25, -0.2) is 0 Å². The van der Waals surface area contributed by atoms with Gasteiger partial charge in [-0.15, -0.1) is 24.0 Å². The molecular formula is C25H39IN6O. The zero-order valence-corrected chi connectivity index (χ0v) is 23.0. The normalized spacial score (nSPS) is 14.3. The average Bonchev–Trinajstić information content (AvgIpc) is 3.02. The summed E-state index contributed by atoms with van der Waals surface area (Å²) < 4.78 is 1.94. The summed E-state index contributed by atoms with van der Waals surface area (Å²) in [6, 6.07) is 8.64. The fourth-order valence-corrected chi connectivity index (χ4v) is 4.31. The molecule has 0 aliphatic carbocycles. The van der Waals surface area contributed by atoms with E-state index in [0.717, 1.165) is 50.6 Å². The minimum absolute atomic E-state index is 0. The number of nitrogens with one attached hydrogen (secondary N) is 2. The molecule has 1 aliphatic heterocycles. The minimum atomic E-state index is 0. The zero-order valence-electron chi connectivity index (χ0n) is 20.6. The lowest BCUT2D eigenvalue weighted by Gasteiger charge is -2.29. The van der Waals surface area contributed by atoms with Crippen molar-refractivity contribution in [2.24, 2.45) is 12.0 Å². The first kappa shape index (κ1) is 27.1. The van der Waals surface area contributed by atoms with E-state index < -0.39 is 0 Å². The van der Waals surface area contributed by atoms with E-state index in [-0.39, 0.29) is 35.9 Å². The molecule has 1 aliphatic rings.